The van der Waals surface area contributed by atoms with Crippen molar-refractivity contribution in [2.24, 2.45) is 10.2 Å². The van der Waals surface area contributed by atoms with Crippen molar-refractivity contribution in [2.75, 3.05) is 0 Å². The highest BCUT2D eigenvalue weighted by Crippen LogP contribution is 2.33. The van der Waals surface area contributed by atoms with Crippen LogP contribution >= 0.6 is 11.8 Å². The van der Waals surface area contributed by atoms with Gasteiger partial charge in [0, 0.05) is 0 Å². The molecule has 1 aromatic carbocycles. The molecule has 1 aliphatic rings. The van der Waals surface area contributed by atoms with Crippen LogP contribution in [0.2, 0.25) is 0 Å². The molecule has 1 aliphatic heterocycles. The number of hydrogen-bond donors (Lipinski definition) is 4. The van der Waals surface area contributed by atoms with E-state index in [0.717, 1.165) is 17.3 Å². The van der Waals surface area contributed by atoms with Gasteiger partial charge >= 0.3 is 5.97 Å². The zero-order chi connectivity index (χ0) is 18.8. The fourth-order valence-electron chi connectivity index (χ4n) is 2.07. The van der Waals surface area contributed by atoms with Gasteiger partial charge in [0.15, 0.2) is 5.17 Å². The van der Waals surface area contributed by atoms with Crippen LogP contribution in [0.1, 0.15) is 38.3 Å². The number of nitrogens with one attached hydrogen (secondary N) is 1. The molecular formula is C16H19N3O5S. The highest BCUT2D eigenvalue weighted by molar-refractivity contribution is 8.15. The van der Waals surface area contributed by atoms with E-state index in [9.17, 15) is 19.8 Å². The number of carbonyl (C=O) groups is 2. The summed E-state index contributed by atoms with van der Waals surface area (Å²) in [4.78, 5) is 22.2. The Morgan fingerprint density at radius 3 is 2.44 bits per heavy atom. The van der Waals surface area contributed by atoms with E-state index in [1.54, 1.807) is 12.1 Å². The molecule has 0 aromatic heterocycles. The van der Waals surface area contributed by atoms with Gasteiger partial charge in [-0.2, -0.15) is 5.10 Å². The number of hydrogen-bond acceptors (Lipinski definition) is 7. The van der Waals surface area contributed by atoms with Crippen molar-refractivity contribution in [3.05, 3.63) is 23.3 Å². The molecule has 0 aliphatic carbocycles. The minimum Gasteiger partial charge on any atom is -0.507 e. The lowest BCUT2D eigenvalue weighted by Gasteiger charge is -2.20. The summed E-state index contributed by atoms with van der Waals surface area (Å²) in [5.41, 5.74) is 0.629. The number of amides is 1. The van der Waals surface area contributed by atoms with Crippen molar-refractivity contribution in [3.8, 4) is 11.5 Å². The van der Waals surface area contributed by atoms with E-state index < -0.39 is 17.1 Å². The van der Waals surface area contributed by atoms with Gasteiger partial charge in [-0.3, -0.25) is 9.59 Å². The van der Waals surface area contributed by atoms with Gasteiger partial charge in [-0.05, 0) is 23.1 Å². The lowest BCUT2D eigenvalue weighted by molar-refractivity contribution is -0.138. The summed E-state index contributed by atoms with van der Waals surface area (Å²) in [6, 6.07) is 3.09. The summed E-state index contributed by atoms with van der Waals surface area (Å²) < 4.78 is 0. The fraction of sp³-hybridized carbons (Fsp3) is 0.375. The molecule has 2 rings (SSSR count). The first-order chi connectivity index (χ1) is 11.6. The van der Waals surface area contributed by atoms with Gasteiger partial charge in [-0.1, -0.05) is 32.5 Å². The Balaban J connectivity index is 2.15. The summed E-state index contributed by atoms with van der Waals surface area (Å²) in [5.74, 6) is -1.80. The number of carbonyl (C=O) groups excluding carboxylic acids is 1. The molecule has 1 heterocycles. The number of carboxylic acids is 1. The molecule has 1 atom stereocenters. The Bertz CT molecular complexity index is 745. The van der Waals surface area contributed by atoms with Crippen LogP contribution < -0.4 is 5.32 Å². The monoisotopic (exact) mass is 365 g/mol. The van der Waals surface area contributed by atoms with Crippen molar-refractivity contribution >= 4 is 35.0 Å². The third-order valence-electron chi connectivity index (χ3n) is 3.47. The summed E-state index contributed by atoms with van der Waals surface area (Å²) in [6.07, 6.45) is 0.858. The number of aliphatic carboxylic acids is 1. The molecule has 0 saturated carbocycles. The minimum atomic E-state index is -1.08. The number of thioether (sulfide) groups is 1. The first-order valence-electron chi connectivity index (χ1n) is 7.44. The van der Waals surface area contributed by atoms with E-state index >= 15 is 0 Å². The molecule has 1 unspecified atom stereocenters. The molecular weight excluding hydrogens is 346 g/mol. The predicted octanol–water partition coefficient (Wildman–Crippen LogP) is 1.79. The van der Waals surface area contributed by atoms with Gasteiger partial charge in [0.1, 0.15) is 16.7 Å². The third-order valence-corrected chi connectivity index (χ3v) is 4.55. The summed E-state index contributed by atoms with van der Waals surface area (Å²) in [5, 5.41) is 38.2. The first-order valence-corrected chi connectivity index (χ1v) is 8.32. The molecule has 25 heavy (non-hydrogen) atoms. The second-order valence-electron chi connectivity index (χ2n) is 6.52. The van der Waals surface area contributed by atoms with Crippen molar-refractivity contribution < 1.29 is 24.9 Å². The largest absolute Gasteiger partial charge is 0.507 e. The number of amidine groups is 1. The SMILES string of the molecule is CC(C)(C)c1cc(O)c(/C=N/N=C2\NC(=O)C(CC(=O)O)S2)c(O)c1. The standard InChI is InChI=1S/C16H19N3O5S/c1-16(2,3)8-4-10(20)9(11(21)5-8)7-17-19-15-18-14(24)12(25-15)6-13(22)23/h4-5,7,12,20-21H,6H2,1-3H3,(H,22,23)(H,18,19,24)/b17-7+. The number of carboxylic acid groups (broad SMARTS) is 1. The molecule has 4 N–H and O–H groups in total. The number of benzene rings is 1. The molecule has 0 bridgehead atoms. The number of aromatic hydroxyl groups is 2. The van der Waals surface area contributed by atoms with E-state index in [-0.39, 0.29) is 34.1 Å². The normalized spacial score (nSPS) is 19.6. The molecule has 0 radical (unpaired) electrons. The number of nitrogens with zero attached hydrogens (tertiary/aromatic N) is 2. The average Bonchev–Trinajstić information content (AvgIpc) is 2.80. The molecule has 8 nitrogen and oxygen atoms in total. The van der Waals surface area contributed by atoms with Crippen LogP contribution in [0.5, 0.6) is 11.5 Å². The Kier molecular flexibility index (Phi) is 5.36. The van der Waals surface area contributed by atoms with Gasteiger partial charge in [0.2, 0.25) is 5.91 Å². The van der Waals surface area contributed by atoms with Crippen LogP contribution in [0.25, 0.3) is 0 Å². The van der Waals surface area contributed by atoms with Crippen LogP contribution in [0.15, 0.2) is 22.3 Å². The Hall–Kier alpha value is -2.55. The second-order valence-corrected chi connectivity index (χ2v) is 7.71. The van der Waals surface area contributed by atoms with E-state index in [0.29, 0.717) is 0 Å². The maximum absolute atomic E-state index is 11.6. The van der Waals surface area contributed by atoms with E-state index in [4.69, 9.17) is 5.11 Å². The van der Waals surface area contributed by atoms with Crippen LogP contribution in [-0.4, -0.2) is 43.8 Å². The van der Waals surface area contributed by atoms with Crippen LogP contribution in [0.4, 0.5) is 0 Å². The summed E-state index contributed by atoms with van der Waals surface area (Å²) >= 11 is 0.966. The lowest BCUT2D eigenvalue weighted by atomic mass is 9.86. The van der Waals surface area contributed by atoms with Gasteiger partial charge in [0.05, 0.1) is 18.2 Å². The average molecular weight is 365 g/mol. The van der Waals surface area contributed by atoms with E-state index in [1.807, 2.05) is 20.8 Å². The van der Waals surface area contributed by atoms with Crippen LogP contribution in [0.3, 0.4) is 0 Å². The number of phenolic OH excluding ortho intramolecular Hbond substituents is 2. The Morgan fingerprint density at radius 1 is 1.32 bits per heavy atom. The maximum atomic E-state index is 11.6. The zero-order valence-corrected chi connectivity index (χ0v) is 14.8. The summed E-state index contributed by atoms with van der Waals surface area (Å²) in [7, 11) is 0. The van der Waals surface area contributed by atoms with Crippen molar-refractivity contribution in [3.63, 3.8) is 0 Å². The minimum absolute atomic E-state index is 0.105. The zero-order valence-electron chi connectivity index (χ0n) is 14.0. The van der Waals surface area contributed by atoms with Gasteiger partial charge < -0.3 is 20.6 Å². The molecule has 1 fully saturated rings. The van der Waals surface area contributed by atoms with E-state index in [2.05, 4.69) is 15.5 Å². The quantitative estimate of drug-likeness (QED) is 0.475. The number of phenols is 2. The van der Waals surface area contributed by atoms with Crippen LogP contribution in [-0.2, 0) is 15.0 Å². The van der Waals surface area contributed by atoms with Gasteiger partial charge in [-0.25, -0.2) is 0 Å². The predicted molar refractivity (Wildman–Crippen MR) is 95.3 cm³/mol. The first kappa shape index (κ1) is 18.8. The van der Waals surface area contributed by atoms with Crippen molar-refractivity contribution in [1.29, 1.82) is 0 Å². The summed E-state index contributed by atoms with van der Waals surface area (Å²) in [6.45, 7) is 5.86. The molecule has 1 saturated heterocycles. The van der Waals surface area contributed by atoms with Crippen molar-refractivity contribution in [1.82, 2.24) is 5.32 Å². The molecule has 1 amide bonds. The third kappa shape index (κ3) is 4.72. The van der Waals surface area contributed by atoms with E-state index in [1.165, 1.54) is 6.21 Å². The molecule has 134 valence electrons. The lowest BCUT2D eigenvalue weighted by Crippen LogP contribution is -2.26. The number of rotatable bonds is 4. The molecule has 0 spiro atoms. The highest BCUT2D eigenvalue weighted by atomic mass is 32.2. The van der Waals surface area contributed by atoms with Crippen LogP contribution in [0, 0.1) is 0 Å². The van der Waals surface area contributed by atoms with Gasteiger partial charge in [0.25, 0.3) is 0 Å². The Morgan fingerprint density at radius 2 is 1.92 bits per heavy atom. The second kappa shape index (κ2) is 7.14. The maximum Gasteiger partial charge on any atom is 0.305 e. The fourth-order valence-corrected chi connectivity index (χ4v) is 2.99. The molecule has 1 aromatic rings. The molecule has 9 heteroatoms. The van der Waals surface area contributed by atoms with Gasteiger partial charge in [-0.15, -0.1) is 5.10 Å². The highest BCUT2D eigenvalue weighted by Gasteiger charge is 2.32. The topological polar surface area (TPSA) is 132 Å². The Labute approximate surface area is 148 Å². The smallest absolute Gasteiger partial charge is 0.305 e. The van der Waals surface area contributed by atoms with Crippen molar-refractivity contribution in [2.45, 2.75) is 37.9 Å².